The summed E-state index contributed by atoms with van der Waals surface area (Å²) in [7, 11) is 0. The standard InChI is InChI=1S/C10H8N4/c11-14-8-4-6-13-10(7-8)9-3-1-2-5-12-9/h1-7,11H. The minimum Gasteiger partial charge on any atom is -0.255 e. The quantitative estimate of drug-likeness (QED) is 0.729. The lowest BCUT2D eigenvalue weighted by molar-refractivity contribution is 1.13. The van der Waals surface area contributed by atoms with Crippen molar-refractivity contribution in [2.75, 3.05) is 0 Å². The molecule has 1 N–H and O–H groups in total. The Morgan fingerprint density at radius 3 is 2.57 bits per heavy atom. The molecule has 0 aromatic carbocycles. The van der Waals surface area contributed by atoms with E-state index in [9.17, 15) is 0 Å². The highest BCUT2D eigenvalue weighted by Gasteiger charge is 1.99. The van der Waals surface area contributed by atoms with Crippen molar-refractivity contribution in [3.63, 3.8) is 0 Å². The van der Waals surface area contributed by atoms with E-state index in [1.165, 1.54) is 0 Å². The van der Waals surface area contributed by atoms with Crippen LogP contribution >= 0.6 is 0 Å². The fraction of sp³-hybridized carbons (Fsp3) is 0. The molecule has 0 aliphatic rings. The van der Waals surface area contributed by atoms with Crippen LogP contribution in [0.25, 0.3) is 11.4 Å². The zero-order chi connectivity index (χ0) is 9.80. The molecule has 2 heterocycles. The zero-order valence-electron chi connectivity index (χ0n) is 7.38. The molecular weight excluding hydrogens is 176 g/mol. The van der Waals surface area contributed by atoms with Gasteiger partial charge in [-0.2, -0.15) is 5.11 Å². The van der Waals surface area contributed by atoms with Gasteiger partial charge in [-0.1, -0.05) is 6.07 Å². The third-order valence-electron chi connectivity index (χ3n) is 1.80. The van der Waals surface area contributed by atoms with E-state index in [1.54, 1.807) is 24.5 Å². The molecule has 0 amide bonds. The highest BCUT2D eigenvalue weighted by Crippen LogP contribution is 2.18. The van der Waals surface area contributed by atoms with Crippen molar-refractivity contribution in [3.8, 4) is 11.4 Å². The van der Waals surface area contributed by atoms with E-state index in [0.717, 1.165) is 11.4 Å². The molecule has 0 saturated heterocycles. The number of nitrogens with one attached hydrogen (secondary N) is 1. The molecule has 0 unspecified atom stereocenters. The van der Waals surface area contributed by atoms with E-state index >= 15 is 0 Å². The largest absolute Gasteiger partial charge is 0.255 e. The smallest absolute Gasteiger partial charge is 0.0908 e. The first-order chi connectivity index (χ1) is 6.90. The SMILES string of the molecule is N=Nc1ccnc(-c2ccccn2)c1. The summed E-state index contributed by atoms with van der Waals surface area (Å²) < 4.78 is 0. The van der Waals surface area contributed by atoms with Crippen LogP contribution in [-0.2, 0) is 0 Å². The van der Waals surface area contributed by atoms with Gasteiger partial charge < -0.3 is 0 Å². The molecular formula is C10H8N4. The maximum Gasteiger partial charge on any atom is 0.0908 e. The summed E-state index contributed by atoms with van der Waals surface area (Å²) in [4.78, 5) is 8.31. The monoisotopic (exact) mass is 184 g/mol. The van der Waals surface area contributed by atoms with Crippen LogP contribution in [0, 0.1) is 5.53 Å². The minimum atomic E-state index is 0.584. The topological polar surface area (TPSA) is 62.0 Å². The Morgan fingerprint density at radius 1 is 1.00 bits per heavy atom. The van der Waals surface area contributed by atoms with Gasteiger partial charge in [-0.15, -0.1) is 0 Å². The Bertz CT molecular complexity index is 439. The van der Waals surface area contributed by atoms with Gasteiger partial charge >= 0.3 is 0 Å². The molecule has 68 valence electrons. The predicted octanol–water partition coefficient (Wildman–Crippen LogP) is 2.81. The van der Waals surface area contributed by atoms with Crippen molar-refractivity contribution in [2.45, 2.75) is 0 Å². The van der Waals surface area contributed by atoms with Gasteiger partial charge in [0.25, 0.3) is 0 Å². The second kappa shape index (κ2) is 3.74. The van der Waals surface area contributed by atoms with Gasteiger partial charge in [0.2, 0.25) is 0 Å². The number of aromatic nitrogens is 2. The maximum absolute atomic E-state index is 6.88. The van der Waals surface area contributed by atoms with Crippen molar-refractivity contribution in [1.29, 1.82) is 5.53 Å². The average molecular weight is 184 g/mol. The van der Waals surface area contributed by atoms with Crippen LogP contribution in [0.1, 0.15) is 0 Å². The Hall–Kier alpha value is -2.10. The molecule has 0 radical (unpaired) electrons. The van der Waals surface area contributed by atoms with E-state index in [-0.39, 0.29) is 0 Å². The summed E-state index contributed by atoms with van der Waals surface area (Å²) in [6.07, 6.45) is 3.33. The number of hydrogen-bond acceptors (Lipinski definition) is 4. The van der Waals surface area contributed by atoms with Crippen LogP contribution in [-0.4, -0.2) is 9.97 Å². The van der Waals surface area contributed by atoms with Gasteiger partial charge in [0.15, 0.2) is 0 Å². The molecule has 14 heavy (non-hydrogen) atoms. The summed E-state index contributed by atoms with van der Waals surface area (Å²) in [5.74, 6) is 0. The van der Waals surface area contributed by atoms with Gasteiger partial charge in [-0.05, 0) is 24.3 Å². The first-order valence-corrected chi connectivity index (χ1v) is 4.15. The summed E-state index contributed by atoms with van der Waals surface area (Å²) in [6.45, 7) is 0. The average Bonchev–Trinajstić information content (AvgIpc) is 2.30. The highest BCUT2D eigenvalue weighted by molar-refractivity contribution is 5.58. The molecule has 2 aromatic rings. The summed E-state index contributed by atoms with van der Waals surface area (Å²) in [5.41, 5.74) is 8.99. The van der Waals surface area contributed by atoms with E-state index < -0.39 is 0 Å². The molecule has 0 spiro atoms. The van der Waals surface area contributed by atoms with Crippen molar-refractivity contribution in [2.24, 2.45) is 5.11 Å². The molecule has 0 fully saturated rings. The van der Waals surface area contributed by atoms with E-state index in [4.69, 9.17) is 5.53 Å². The predicted molar refractivity (Wildman–Crippen MR) is 52.3 cm³/mol. The number of rotatable bonds is 2. The van der Waals surface area contributed by atoms with Gasteiger partial charge in [0.05, 0.1) is 17.1 Å². The molecule has 0 saturated carbocycles. The lowest BCUT2D eigenvalue weighted by Gasteiger charge is -1.98. The van der Waals surface area contributed by atoms with Crippen molar-refractivity contribution in [3.05, 3.63) is 42.7 Å². The molecule has 0 aliphatic heterocycles. The van der Waals surface area contributed by atoms with Crippen LogP contribution in [0.3, 0.4) is 0 Å². The number of nitrogens with zero attached hydrogens (tertiary/aromatic N) is 3. The van der Waals surface area contributed by atoms with Crippen molar-refractivity contribution >= 4 is 5.69 Å². The van der Waals surface area contributed by atoms with Crippen LogP contribution < -0.4 is 0 Å². The second-order valence-electron chi connectivity index (χ2n) is 2.73. The van der Waals surface area contributed by atoms with Gasteiger partial charge in [-0.25, -0.2) is 5.53 Å². The van der Waals surface area contributed by atoms with E-state index in [1.807, 2.05) is 18.2 Å². The summed E-state index contributed by atoms with van der Waals surface area (Å²) in [5, 5.41) is 3.34. The third-order valence-corrected chi connectivity index (χ3v) is 1.80. The molecule has 0 atom stereocenters. The maximum atomic E-state index is 6.88. The first-order valence-electron chi connectivity index (χ1n) is 4.15. The normalized spacial score (nSPS) is 9.71. The lowest BCUT2D eigenvalue weighted by atomic mass is 10.2. The van der Waals surface area contributed by atoms with Crippen molar-refractivity contribution < 1.29 is 0 Å². The second-order valence-corrected chi connectivity index (χ2v) is 2.73. The van der Waals surface area contributed by atoms with Gasteiger partial charge in [-0.3, -0.25) is 9.97 Å². The Labute approximate surface area is 81.2 Å². The molecule has 2 aromatic heterocycles. The fourth-order valence-corrected chi connectivity index (χ4v) is 1.14. The third kappa shape index (κ3) is 1.64. The number of pyridine rings is 2. The molecule has 2 rings (SSSR count). The van der Waals surface area contributed by atoms with Crippen LogP contribution in [0.5, 0.6) is 0 Å². The van der Waals surface area contributed by atoms with E-state index in [0.29, 0.717) is 5.69 Å². The van der Waals surface area contributed by atoms with Gasteiger partial charge in [0.1, 0.15) is 0 Å². The molecule has 4 nitrogen and oxygen atoms in total. The van der Waals surface area contributed by atoms with E-state index in [2.05, 4.69) is 15.1 Å². The summed E-state index contributed by atoms with van der Waals surface area (Å²) in [6, 6.07) is 9.03. The Morgan fingerprint density at radius 2 is 1.86 bits per heavy atom. The highest BCUT2D eigenvalue weighted by atomic mass is 15.0. The van der Waals surface area contributed by atoms with Crippen LogP contribution in [0.4, 0.5) is 5.69 Å². The molecule has 0 bridgehead atoms. The Balaban J connectivity index is 2.47. The lowest BCUT2D eigenvalue weighted by Crippen LogP contribution is -1.84. The van der Waals surface area contributed by atoms with Crippen LogP contribution in [0.2, 0.25) is 0 Å². The fourth-order valence-electron chi connectivity index (χ4n) is 1.14. The number of hydrogen-bond donors (Lipinski definition) is 1. The Kier molecular flexibility index (Phi) is 2.27. The summed E-state index contributed by atoms with van der Waals surface area (Å²) >= 11 is 0. The van der Waals surface area contributed by atoms with Crippen LogP contribution in [0.15, 0.2) is 47.8 Å². The first kappa shape index (κ1) is 8.50. The van der Waals surface area contributed by atoms with Crippen molar-refractivity contribution in [1.82, 2.24) is 9.97 Å². The zero-order valence-corrected chi connectivity index (χ0v) is 7.38. The van der Waals surface area contributed by atoms with Gasteiger partial charge in [0, 0.05) is 12.4 Å². The minimum absolute atomic E-state index is 0.584. The molecule has 0 aliphatic carbocycles. The molecule has 4 heteroatoms.